The number of aliphatic imine (C=N–C) groups is 1. The molecular formula is C17H24F4IN5O. The van der Waals surface area contributed by atoms with Gasteiger partial charge in [-0.3, -0.25) is 9.69 Å². The topological polar surface area (TPSA) is 68.8 Å². The minimum Gasteiger partial charge on any atom is -0.357 e. The number of likely N-dealkylation sites (tertiary alicyclic amines) is 1. The van der Waals surface area contributed by atoms with Crippen molar-refractivity contribution in [1.82, 2.24) is 15.5 Å². The highest BCUT2D eigenvalue weighted by Crippen LogP contribution is 2.19. The highest BCUT2D eigenvalue weighted by molar-refractivity contribution is 14.0. The molecule has 1 aromatic carbocycles. The number of carbonyl (C=O) groups excluding carboxylic acids is 1. The molecule has 28 heavy (non-hydrogen) atoms. The largest absolute Gasteiger partial charge is 0.401 e. The summed E-state index contributed by atoms with van der Waals surface area (Å²) < 4.78 is 50.3. The van der Waals surface area contributed by atoms with Gasteiger partial charge in [0.1, 0.15) is 12.4 Å². The van der Waals surface area contributed by atoms with E-state index in [-0.39, 0.29) is 49.0 Å². The number of alkyl halides is 3. The average Bonchev–Trinajstić information content (AvgIpc) is 3.00. The SMILES string of the molecule is CCNC(=NCC(=O)Nc1ccc(F)cc1)NC1CCN(CC(F)(F)F)C1.I. The van der Waals surface area contributed by atoms with Crippen LogP contribution in [-0.4, -0.2) is 61.7 Å². The number of nitrogens with one attached hydrogen (secondary N) is 3. The number of hydrogen-bond donors (Lipinski definition) is 3. The van der Waals surface area contributed by atoms with Gasteiger partial charge >= 0.3 is 6.18 Å². The van der Waals surface area contributed by atoms with Crippen molar-refractivity contribution in [2.24, 2.45) is 4.99 Å². The molecule has 0 spiro atoms. The summed E-state index contributed by atoms with van der Waals surface area (Å²) in [4.78, 5) is 17.4. The van der Waals surface area contributed by atoms with Crippen molar-refractivity contribution in [3.05, 3.63) is 30.1 Å². The molecule has 158 valence electrons. The molecule has 1 heterocycles. The molecule has 1 aromatic rings. The standard InChI is InChI=1S/C17H23F4N5O.HI/c1-2-22-16(25-14-7-8-26(10-14)11-17(19,20)21)23-9-15(27)24-13-5-3-12(18)4-6-13;/h3-6,14H,2,7-11H2,1H3,(H,24,27)(H2,22,23,25);1H. The van der Waals surface area contributed by atoms with Crippen LogP contribution < -0.4 is 16.0 Å². The maximum absolute atomic E-state index is 12.9. The molecule has 1 saturated heterocycles. The Balaban J connectivity index is 0.00000392. The Morgan fingerprint density at radius 3 is 2.57 bits per heavy atom. The summed E-state index contributed by atoms with van der Waals surface area (Å²) in [7, 11) is 0. The van der Waals surface area contributed by atoms with Crippen molar-refractivity contribution in [2.75, 3.05) is 38.0 Å². The Bertz CT molecular complexity index is 654. The van der Waals surface area contributed by atoms with Gasteiger partial charge < -0.3 is 16.0 Å². The van der Waals surface area contributed by atoms with Gasteiger partial charge in [-0.1, -0.05) is 0 Å². The minimum absolute atomic E-state index is 0. The van der Waals surface area contributed by atoms with E-state index in [9.17, 15) is 22.4 Å². The molecule has 0 radical (unpaired) electrons. The number of guanidine groups is 1. The monoisotopic (exact) mass is 517 g/mol. The molecule has 0 bridgehead atoms. The minimum atomic E-state index is -4.22. The first-order chi connectivity index (χ1) is 12.7. The second kappa shape index (κ2) is 11.4. The fourth-order valence-electron chi connectivity index (χ4n) is 2.75. The number of rotatable bonds is 6. The van der Waals surface area contributed by atoms with E-state index in [1.165, 1.54) is 29.2 Å². The molecule has 1 amide bonds. The molecule has 1 aliphatic heterocycles. The highest BCUT2D eigenvalue weighted by Gasteiger charge is 2.34. The van der Waals surface area contributed by atoms with Crippen molar-refractivity contribution >= 4 is 41.5 Å². The van der Waals surface area contributed by atoms with Crippen LogP contribution in [0.3, 0.4) is 0 Å². The number of nitrogens with zero attached hydrogens (tertiary/aromatic N) is 2. The molecule has 1 atom stereocenters. The van der Waals surface area contributed by atoms with Crippen LogP contribution in [0.15, 0.2) is 29.3 Å². The van der Waals surface area contributed by atoms with Gasteiger partial charge in [0.05, 0.1) is 6.54 Å². The van der Waals surface area contributed by atoms with Crippen LogP contribution in [0.5, 0.6) is 0 Å². The van der Waals surface area contributed by atoms with Crippen LogP contribution >= 0.6 is 24.0 Å². The molecule has 1 fully saturated rings. The van der Waals surface area contributed by atoms with E-state index < -0.39 is 18.5 Å². The van der Waals surface area contributed by atoms with Crippen LogP contribution in [0.25, 0.3) is 0 Å². The lowest BCUT2D eigenvalue weighted by molar-refractivity contribution is -0.143. The fourth-order valence-corrected chi connectivity index (χ4v) is 2.75. The zero-order valence-corrected chi connectivity index (χ0v) is 17.7. The third-order valence-corrected chi connectivity index (χ3v) is 3.87. The number of amides is 1. The first kappa shape index (κ1) is 24.4. The third kappa shape index (κ3) is 9.04. The van der Waals surface area contributed by atoms with E-state index in [4.69, 9.17) is 0 Å². The van der Waals surface area contributed by atoms with E-state index in [0.717, 1.165) is 0 Å². The van der Waals surface area contributed by atoms with Gasteiger partial charge in [0.2, 0.25) is 5.91 Å². The molecular weight excluding hydrogens is 493 g/mol. The first-order valence-corrected chi connectivity index (χ1v) is 8.64. The Morgan fingerprint density at radius 2 is 1.96 bits per heavy atom. The zero-order valence-electron chi connectivity index (χ0n) is 15.4. The van der Waals surface area contributed by atoms with Gasteiger partial charge in [0.15, 0.2) is 5.96 Å². The summed E-state index contributed by atoms with van der Waals surface area (Å²) >= 11 is 0. The molecule has 6 nitrogen and oxygen atoms in total. The van der Waals surface area contributed by atoms with E-state index in [1.54, 1.807) is 0 Å². The third-order valence-electron chi connectivity index (χ3n) is 3.87. The van der Waals surface area contributed by atoms with Gasteiger partial charge in [-0.2, -0.15) is 13.2 Å². The smallest absolute Gasteiger partial charge is 0.357 e. The number of hydrogen-bond acceptors (Lipinski definition) is 3. The van der Waals surface area contributed by atoms with Crippen molar-refractivity contribution in [1.29, 1.82) is 0 Å². The molecule has 0 aromatic heterocycles. The average molecular weight is 517 g/mol. The molecule has 11 heteroatoms. The summed E-state index contributed by atoms with van der Waals surface area (Å²) in [6, 6.07) is 5.17. The van der Waals surface area contributed by atoms with Crippen molar-refractivity contribution in [3.8, 4) is 0 Å². The number of anilines is 1. The summed E-state index contributed by atoms with van der Waals surface area (Å²) in [5.74, 6) is -0.421. The second-order valence-electron chi connectivity index (χ2n) is 6.23. The molecule has 0 saturated carbocycles. The number of benzene rings is 1. The van der Waals surface area contributed by atoms with Gasteiger partial charge in [-0.15, -0.1) is 24.0 Å². The van der Waals surface area contributed by atoms with E-state index in [0.29, 0.717) is 31.2 Å². The lowest BCUT2D eigenvalue weighted by atomic mass is 10.3. The second-order valence-corrected chi connectivity index (χ2v) is 6.23. The Kier molecular flexibility index (Phi) is 9.93. The van der Waals surface area contributed by atoms with Crippen LogP contribution in [0, 0.1) is 5.82 Å². The molecule has 3 N–H and O–H groups in total. The molecule has 1 aliphatic rings. The van der Waals surface area contributed by atoms with E-state index in [1.807, 2.05) is 6.92 Å². The molecule has 1 unspecified atom stereocenters. The Hall–Kier alpha value is -1.63. The lowest BCUT2D eigenvalue weighted by Gasteiger charge is -2.19. The zero-order chi connectivity index (χ0) is 19.9. The van der Waals surface area contributed by atoms with Crippen molar-refractivity contribution in [3.63, 3.8) is 0 Å². The van der Waals surface area contributed by atoms with Gasteiger partial charge in [-0.25, -0.2) is 9.38 Å². The number of halogens is 5. The fraction of sp³-hybridized carbons (Fsp3) is 0.529. The first-order valence-electron chi connectivity index (χ1n) is 8.64. The van der Waals surface area contributed by atoms with Gasteiger partial charge in [0.25, 0.3) is 0 Å². The Labute approximate surface area is 178 Å². The van der Waals surface area contributed by atoms with E-state index in [2.05, 4.69) is 20.9 Å². The van der Waals surface area contributed by atoms with Crippen LogP contribution in [0.4, 0.5) is 23.2 Å². The quantitative estimate of drug-likeness (QED) is 0.235. The van der Waals surface area contributed by atoms with E-state index >= 15 is 0 Å². The maximum Gasteiger partial charge on any atom is 0.401 e. The van der Waals surface area contributed by atoms with Crippen LogP contribution in [-0.2, 0) is 4.79 Å². The Morgan fingerprint density at radius 1 is 1.29 bits per heavy atom. The predicted octanol–water partition coefficient (Wildman–Crippen LogP) is 2.57. The molecule has 2 rings (SSSR count). The summed E-state index contributed by atoms with van der Waals surface area (Å²) in [6.07, 6.45) is -3.66. The van der Waals surface area contributed by atoms with Crippen molar-refractivity contribution < 1.29 is 22.4 Å². The van der Waals surface area contributed by atoms with Crippen LogP contribution in [0.1, 0.15) is 13.3 Å². The van der Waals surface area contributed by atoms with Gasteiger partial charge in [-0.05, 0) is 37.6 Å². The predicted molar refractivity (Wildman–Crippen MR) is 110 cm³/mol. The van der Waals surface area contributed by atoms with Crippen molar-refractivity contribution in [2.45, 2.75) is 25.6 Å². The van der Waals surface area contributed by atoms with Gasteiger partial charge in [0, 0.05) is 31.4 Å². The maximum atomic E-state index is 12.9. The molecule has 0 aliphatic carbocycles. The highest BCUT2D eigenvalue weighted by atomic mass is 127. The summed E-state index contributed by atoms with van der Waals surface area (Å²) in [5, 5.41) is 8.62. The summed E-state index contributed by atoms with van der Waals surface area (Å²) in [5.41, 5.74) is 0.452. The normalized spacial score (nSPS) is 17.8. The number of carbonyl (C=O) groups is 1. The lowest BCUT2D eigenvalue weighted by Crippen LogP contribution is -2.45. The summed E-state index contributed by atoms with van der Waals surface area (Å²) in [6.45, 7) is 1.89. The van der Waals surface area contributed by atoms with Crippen LogP contribution in [0.2, 0.25) is 0 Å².